The van der Waals surface area contributed by atoms with Gasteiger partial charge in [-0.05, 0) is 29.7 Å². The summed E-state index contributed by atoms with van der Waals surface area (Å²) < 4.78 is 0. The normalized spacial score (nSPS) is 10.8. The standard InChI is InChI=1S/C20H15N3O3/c24-13-8-9-15(19(25)10-13)17-11-18(23-22-17)20(26)21-16-7-3-5-12-4-1-2-6-14(12)16/h1-11,24-25H,(H,21,26)(H,22,23). The zero-order valence-corrected chi connectivity index (χ0v) is 13.6. The third-order valence-electron chi connectivity index (χ3n) is 4.12. The van der Waals surface area contributed by atoms with Crippen molar-refractivity contribution in [3.63, 3.8) is 0 Å². The molecule has 0 fully saturated rings. The second kappa shape index (κ2) is 6.25. The summed E-state index contributed by atoms with van der Waals surface area (Å²) in [7, 11) is 0. The maximum atomic E-state index is 12.6. The van der Waals surface area contributed by atoms with Gasteiger partial charge in [0.05, 0.1) is 5.69 Å². The van der Waals surface area contributed by atoms with E-state index in [4.69, 9.17) is 0 Å². The summed E-state index contributed by atoms with van der Waals surface area (Å²) in [5.74, 6) is -0.494. The van der Waals surface area contributed by atoms with Crippen LogP contribution in [0.4, 0.5) is 5.69 Å². The predicted octanol–water partition coefficient (Wildman–Crippen LogP) is 3.89. The van der Waals surface area contributed by atoms with Crippen molar-refractivity contribution in [3.8, 4) is 22.8 Å². The van der Waals surface area contributed by atoms with Crippen LogP contribution in [0.2, 0.25) is 0 Å². The average Bonchev–Trinajstić information content (AvgIpc) is 3.12. The third-order valence-corrected chi connectivity index (χ3v) is 4.12. The zero-order valence-electron chi connectivity index (χ0n) is 13.6. The number of aromatic nitrogens is 2. The van der Waals surface area contributed by atoms with Gasteiger partial charge in [0.25, 0.3) is 5.91 Å². The number of phenolic OH excluding ortho intramolecular Hbond substituents is 2. The number of amides is 1. The highest BCUT2D eigenvalue weighted by atomic mass is 16.3. The van der Waals surface area contributed by atoms with Crippen molar-refractivity contribution in [3.05, 3.63) is 72.4 Å². The van der Waals surface area contributed by atoms with Crippen LogP contribution in [0.3, 0.4) is 0 Å². The number of fused-ring (bicyclic) bond motifs is 1. The van der Waals surface area contributed by atoms with E-state index < -0.39 is 0 Å². The first-order chi connectivity index (χ1) is 12.6. The number of hydrogen-bond donors (Lipinski definition) is 4. The minimum atomic E-state index is -0.335. The number of hydrogen-bond acceptors (Lipinski definition) is 4. The Morgan fingerprint density at radius 1 is 0.962 bits per heavy atom. The Morgan fingerprint density at radius 2 is 1.77 bits per heavy atom. The second-order valence-electron chi connectivity index (χ2n) is 5.85. The molecular formula is C20H15N3O3. The Hall–Kier alpha value is -3.80. The first-order valence-corrected chi connectivity index (χ1v) is 7.99. The highest BCUT2D eigenvalue weighted by Gasteiger charge is 2.14. The summed E-state index contributed by atoms with van der Waals surface area (Å²) in [5.41, 5.74) is 1.80. The largest absolute Gasteiger partial charge is 0.508 e. The van der Waals surface area contributed by atoms with Crippen LogP contribution in [-0.2, 0) is 0 Å². The van der Waals surface area contributed by atoms with Crippen molar-refractivity contribution in [1.82, 2.24) is 10.2 Å². The van der Waals surface area contributed by atoms with Gasteiger partial charge in [0.2, 0.25) is 0 Å². The summed E-state index contributed by atoms with van der Waals surface area (Å²) in [6.45, 7) is 0. The van der Waals surface area contributed by atoms with E-state index in [1.807, 2.05) is 42.5 Å². The smallest absolute Gasteiger partial charge is 0.273 e. The quantitative estimate of drug-likeness (QED) is 0.453. The Labute approximate surface area is 148 Å². The number of benzene rings is 3. The minimum absolute atomic E-state index is 0.0456. The molecule has 3 aromatic carbocycles. The lowest BCUT2D eigenvalue weighted by Gasteiger charge is -2.07. The number of aromatic hydroxyl groups is 2. The Bertz CT molecular complexity index is 1110. The van der Waals surface area contributed by atoms with Crippen LogP contribution in [0.5, 0.6) is 11.5 Å². The van der Waals surface area contributed by atoms with E-state index in [1.165, 1.54) is 18.2 Å². The fraction of sp³-hybridized carbons (Fsp3) is 0. The molecule has 0 aliphatic carbocycles. The number of rotatable bonds is 3. The van der Waals surface area contributed by atoms with Crippen LogP contribution in [-0.4, -0.2) is 26.3 Å². The van der Waals surface area contributed by atoms with Crippen molar-refractivity contribution < 1.29 is 15.0 Å². The molecule has 0 spiro atoms. The average molecular weight is 345 g/mol. The Kier molecular flexibility index (Phi) is 3.78. The second-order valence-corrected chi connectivity index (χ2v) is 5.85. The molecule has 0 atom stereocenters. The number of anilines is 1. The van der Waals surface area contributed by atoms with Gasteiger partial charge in [-0.15, -0.1) is 0 Å². The van der Waals surface area contributed by atoms with E-state index in [0.29, 0.717) is 16.9 Å². The molecular weight excluding hydrogens is 330 g/mol. The van der Waals surface area contributed by atoms with Gasteiger partial charge in [0.1, 0.15) is 17.2 Å². The first kappa shape index (κ1) is 15.7. The monoisotopic (exact) mass is 345 g/mol. The maximum absolute atomic E-state index is 12.6. The Morgan fingerprint density at radius 3 is 2.62 bits per heavy atom. The summed E-state index contributed by atoms with van der Waals surface area (Å²) >= 11 is 0. The molecule has 1 heterocycles. The summed E-state index contributed by atoms with van der Waals surface area (Å²) in [6, 6.07) is 19.2. The van der Waals surface area contributed by atoms with Crippen molar-refractivity contribution in [2.24, 2.45) is 0 Å². The lowest BCUT2D eigenvalue weighted by Crippen LogP contribution is -2.12. The van der Waals surface area contributed by atoms with E-state index in [9.17, 15) is 15.0 Å². The van der Waals surface area contributed by atoms with E-state index in [2.05, 4.69) is 15.5 Å². The molecule has 4 N–H and O–H groups in total. The Balaban J connectivity index is 1.62. The number of phenols is 2. The molecule has 4 rings (SSSR count). The molecule has 0 aliphatic heterocycles. The first-order valence-electron chi connectivity index (χ1n) is 7.99. The third kappa shape index (κ3) is 2.84. The lowest BCUT2D eigenvalue weighted by molar-refractivity contribution is 0.102. The van der Waals surface area contributed by atoms with Gasteiger partial charge in [0.15, 0.2) is 0 Å². The van der Waals surface area contributed by atoms with Crippen molar-refractivity contribution >= 4 is 22.4 Å². The number of carbonyl (C=O) groups is 1. The number of nitrogens with zero attached hydrogens (tertiary/aromatic N) is 1. The zero-order chi connectivity index (χ0) is 18.1. The molecule has 0 saturated heterocycles. The highest BCUT2D eigenvalue weighted by molar-refractivity contribution is 6.08. The van der Waals surface area contributed by atoms with Gasteiger partial charge in [-0.1, -0.05) is 36.4 Å². The molecule has 1 aromatic heterocycles. The molecule has 0 saturated carbocycles. The van der Waals surface area contributed by atoms with E-state index >= 15 is 0 Å². The van der Waals surface area contributed by atoms with Crippen molar-refractivity contribution in [1.29, 1.82) is 0 Å². The fourth-order valence-corrected chi connectivity index (χ4v) is 2.84. The molecule has 1 amide bonds. The summed E-state index contributed by atoms with van der Waals surface area (Å²) in [6.07, 6.45) is 0. The van der Waals surface area contributed by atoms with Gasteiger partial charge < -0.3 is 15.5 Å². The molecule has 0 unspecified atom stereocenters. The predicted molar refractivity (Wildman–Crippen MR) is 99.3 cm³/mol. The molecule has 0 bridgehead atoms. The molecule has 26 heavy (non-hydrogen) atoms. The van der Waals surface area contributed by atoms with Gasteiger partial charge >= 0.3 is 0 Å². The molecule has 128 valence electrons. The lowest BCUT2D eigenvalue weighted by atomic mass is 10.1. The van der Waals surface area contributed by atoms with Gasteiger partial charge in [-0.2, -0.15) is 5.10 Å². The van der Waals surface area contributed by atoms with Crippen LogP contribution in [0, 0.1) is 0 Å². The van der Waals surface area contributed by atoms with Gasteiger partial charge in [-0.25, -0.2) is 0 Å². The molecule has 6 nitrogen and oxygen atoms in total. The minimum Gasteiger partial charge on any atom is -0.508 e. The van der Waals surface area contributed by atoms with Crippen LogP contribution in [0.1, 0.15) is 10.5 Å². The molecule has 6 heteroatoms. The van der Waals surface area contributed by atoms with E-state index in [0.717, 1.165) is 10.8 Å². The molecule has 0 aliphatic rings. The van der Waals surface area contributed by atoms with Crippen molar-refractivity contribution in [2.75, 3.05) is 5.32 Å². The van der Waals surface area contributed by atoms with Crippen LogP contribution in [0.25, 0.3) is 22.0 Å². The summed E-state index contributed by atoms with van der Waals surface area (Å²) in [5, 5.41) is 30.9. The number of H-pyrrole nitrogens is 1. The van der Waals surface area contributed by atoms with E-state index in [-0.39, 0.29) is 23.1 Å². The fourth-order valence-electron chi connectivity index (χ4n) is 2.84. The van der Waals surface area contributed by atoms with Crippen molar-refractivity contribution in [2.45, 2.75) is 0 Å². The molecule has 4 aromatic rings. The summed E-state index contributed by atoms with van der Waals surface area (Å²) in [4.78, 5) is 12.6. The SMILES string of the molecule is O=C(Nc1cccc2ccccc12)c1cc(-c2ccc(O)cc2O)n[nH]1. The van der Waals surface area contributed by atoms with Gasteiger partial charge in [-0.3, -0.25) is 9.89 Å². The van der Waals surface area contributed by atoms with E-state index in [1.54, 1.807) is 6.07 Å². The van der Waals surface area contributed by atoms with Crippen LogP contribution < -0.4 is 5.32 Å². The highest BCUT2D eigenvalue weighted by Crippen LogP contribution is 2.31. The maximum Gasteiger partial charge on any atom is 0.273 e. The number of nitrogens with one attached hydrogen (secondary N) is 2. The molecule has 0 radical (unpaired) electrons. The van der Waals surface area contributed by atoms with Crippen LogP contribution >= 0.6 is 0 Å². The van der Waals surface area contributed by atoms with Crippen LogP contribution in [0.15, 0.2) is 66.7 Å². The number of carbonyl (C=O) groups excluding carboxylic acids is 1. The number of aromatic amines is 1. The topological polar surface area (TPSA) is 98.2 Å². The van der Waals surface area contributed by atoms with Gasteiger partial charge in [0, 0.05) is 22.7 Å².